The van der Waals surface area contributed by atoms with E-state index in [1.807, 2.05) is 13.8 Å². The molecule has 2 amide bonds. The van der Waals surface area contributed by atoms with E-state index in [1.54, 1.807) is 18.2 Å². The summed E-state index contributed by atoms with van der Waals surface area (Å²) >= 11 is 0. The van der Waals surface area contributed by atoms with Crippen molar-refractivity contribution in [3.05, 3.63) is 35.4 Å². The van der Waals surface area contributed by atoms with Gasteiger partial charge in [-0.25, -0.2) is 0 Å². The Morgan fingerprint density at radius 2 is 2.00 bits per heavy atom. The minimum absolute atomic E-state index is 0.197. The van der Waals surface area contributed by atoms with Crippen molar-refractivity contribution < 1.29 is 14.3 Å². The topological polar surface area (TPSA) is 81.4 Å². The van der Waals surface area contributed by atoms with Crippen LogP contribution in [-0.2, 0) is 4.74 Å². The first-order valence-electron chi connectivity index (χ1n) is 6.30. The van der Waals surface area contributed by atoms with Gasteiger partial charge in [-0.3, -0.25) is 9.59 Å². The molecule has 0 saturated heterocycles. The lowest BCUT2D eigenvalue weighted by molar-refractivity contribution is 0.0757. The van der Waals surface area contributed by atoms with E-state index in [0.29, 0.717) is 24.3 Å². The van der Waals surface area contributed by atoms with Gasteiger partial charge in [0, 0.05) is 24.3 Å². The van der Waals surface area contributed by atoms with Crippen LogP contribution in [0.5, 0.6) is 0 Å². The lowest BCUT2D eigenvalue weighted by Crippen LogP contribution is -2.26. The second-order valence-corrected chi connectivity index (χ2v) is 4.47. The molecule has 0 bridgehead atoms. The number of carbonyl (C=O) groups is 2. The second kappa shape index (κ2) is 7.53. The van der Waals surface area contributed by atoms with Crippen LogP contribution in [0, 0.1) is 0 Å². The number of benzene rings is 1. The third-order valence-electron chi connectivity index (χ3n) is 2.47. The number of ether oxygens (including phenoxy) is 1. The summed E-state index contributed by atoms with van der Waals surface area (Å²) in [5.41, 5.74) is 5.92. The molecular weight excluding hydrogens is 244 g/mol. The van der Waals surface area contributed by atoms with Gasteiger partial charge in [-0.1, -0.05) is 6.07 Å². The lowest BCUT2D eigenvalue weighted by atomic mass is 10.1. The van der Waals surface area contributed by atoms with Gasteiger partial charge in [0.1, 0.15) is 0 Å². The number of hydrogen-bond donors (Lipinski definition) is 2. The smallest absolute Gasteiger partial charge is 0.251 e. The fourth-order valence-corrected chi connectivity index (χ4v) is 1.51. The zero-order chi connectivity index (χ0) is 14.3. The van der Waals surface area contributed by atoms with Gasteiger partial charge in [-0.2, -0.15) is 0 Å². The van der Waals surface area contributed by atoms with Crippen LogP contribution in [0.15, 0.2) is 24.3 Å². The van der Waals surface area contributed by atoms with E-state index in [4.69, 9.17) is 10.5 Å². The Balaban J connectivity index is 2.41. The summed E-state index contributed by atoms with van der Waals surface area (Å²) in [5, 5.41) is 2.77. The molecular formula is C14H20N2O3. The van der Waals surface area contributed by atoms with Gasteiger partial charge >= 0.3 is 0 Å². The SMILES string of the molecule is CC(C)OCCCNC(=O)c1cccc(C(N)=O)c1. The Morgan fingerprint density at radius 1 is 1.32 bits per heavy atom. The molecule has 0 aliphatic heterocycles. The van der Waals surface area contributed by atoms with Gasteiger partial charge in [0.25, 0.3) is 5.91 Å². The Bertz CT molecular complexity index is 444. The van der Waals surface area contributed by atoms with Gasteiger partial charge < -0.3 is 15.8 Å². The summed E-state index contributed by atoms with van der Waals surface area (Å²) < 4.78 is 5.37. The molecule has 0 radical (unpaired) electrons. The molecule has 0 unspecified atom stereocenters. The molecule has 5 nitrogen and oxygen atoms in total. The van der Waals surface area contributed by atoms with Crippen LogP contribution in [0.2, 0.25) is 0 Å². The number of nitrogens with two attached hydrogens (primary N) is 1. The molecule has 0 aliphatic carbocycles. The normalized spacial score (nSPS) is 10.5. The van der Waals surface area contributed by atoms with Crippen molar-refractivity contribution in [2.24, 2.45) is 5.73 Å². The summed E-state index contributed by atoms with van der Waals surface area (Å²) in [6.45, 7) is 5.08. The Labute approximate surface area is 113 Å². The predicted molar refractivity (Wildman–Crippen MR) is 73.0 cm³/mol. The molecule has 0 aliphatic rings. The third kappa shape index (κ3) is 5.52. The van der Waals surface area contributed by atoms with E-state index < -0.39 is 5.91 Å². The monoisotopic (exact) mass is 264 g/mol. The summed E-state index contributed by atoms with van der Waals surface area (Å²) in [4.78, 5) is 22.8. The number of hydrogen-bond acceptors (Lipinski definition) is 3. The minimum atomic E-state index is -0.542. The Kier molecular flexibility index (Phi) is 6.02. The summed E-state index contributed by atoms with van der Waals surface area (Å²) in [5.74, 6) is -0.757. The zero-order valence-corrected chi connectivity index (χ0v) is 11.3. The molecule has 0 fully saturated rings. The molecule has 1 aromatic carbocycles. The standard InChI is InChI=1S/C14H20N2O3/c1-10(2)19-8-4-7-16-14(18)12-6-3-5-11(9-12)13(15)17/h3,5-6,9-10H,4,7-8H2,1-2H3,(H2,15,17)(H,16,18). The molecule has 0 saturated carbocycles. The molecule has 104 valence electrons. The summed E-state index contributed by atoms with van der Waals surface area (Å²) in [7, 11) is 0. The highest BCUT2D eigenvalue weighted by molar-refractivity contribution is 5.99. The second-order valence-electron chi connectivity index (χ2n) is 4.47. The molecule has 1 rings (SSSR count). The fraction of sp³-hybridized carbons (Fsp3) is 0.429. The van der Waals surface area contributed by atoms with Crippen molar-refractivity contribution in [3.8, 4) is 0 Å². The number of rotatable bonds is 7. The molecule has 0 heterocycles. The van der Waals surface area contributed by atoms with Crippen molar-refractivity contribution in [1.82, 2.24) is 5.32 Å². The van der Waals surface area contributed by atoms with Crippen LogP contribution in [0.25, 0.3) is 0 Å². The van der Waals surface area contributed by atoms with Crippen molar-refractivity contribution in [2.45, 2.75) is 26.4 Å². The number of primary amides is 1. The first-order chi connectivity index (χ1) is 9.00. The van der Waals surface area contributed by atoms with Crippen LogP contribution >= 0.6 is 0 Å². The van der Waals surface area contributed by atoms with Gasteiger partial charge in [-0.15, -0.1) is 0 Å². The maximum absolute atomic E-state index is 11.8. The van der Waals surface area contributed by atoms with Gasteiger partial charge in [-0.05, 0) is 38.5 Å². The van der Waals surface area contributed by atoms with E-state index in [2.05, 4.69) is 5.32 Å². The maximum Gasteiger partial charge on any atom is 0.251 e. The zero-order valence-electron chi connectivity index (χ0n) is 11.3. The van der Waals surface area contributed by atoms with E-state index in [0.717, 1.165) is 6.42 Å². The maximum atomic E-state index is 11.8. The molecule has 0 aromatic heterocycles. The minimum Gasteiger partial charge on any atom is -0.379 e. The van der Waals surface area contributed by atoms with Gasteiger partial charge in [0.2, 0.25) is 5.91 Å². The first-order valence-corrected chi connectivity index (χ1v) is 6.30. The molecule has 5 heteroatoms. The quantitative estimate of drug-likeness (QED) is 0.729. The van der Waals surface area contributed by atoms with Crippen molar-refractivity contribution in [3.63, 3.8) is 0 Å². The van der Waals surface area contributed by atoms with E-state index in [9.17, 15) is 9.59 Å². The first kappa shape index (κ1) is 15.2. The Hall–Kier alpha value is -1.88. The van der Waals surface area contributed by atoms with Crippen molar-refractivity contribution in [1.29, 1.82) is 0 Å². The van der Waals surface area contributed by atoms with Crippen LogP contribution in [0.1, 0.15) is 41.0 Å². The van der Waals surface area contributed by atoms with E-state index in [1.165, 1.54) is 6.07 Å². The molecule has 19 heavy (non-hydrogen) atoms. The average molecular weight is 264 g/mol. The predicted octanol–water partition coefficient (Wildman–Crippen LogP) is 1.33. The van der Waals surface area contributed by atoms with Gasteiger partial charge in [0.15, 0.2) is 0 Å². The third-order valence-corrected chi connectivity index (χ3v) is 2.47. The largest absolute Gasteiger partial charge is 0.379 e. The van der Waals surface area contributed by atoms with Crippen molar-refractivity contribution in [2.75, 3.05) is 13.2 Å². The van der Waals surface area contributed by atoms with Crippen LogP contribution in [-0.4, -0.2) is 31.1 Å². The number of nitrogens with one attached hydrogen (secondary N) is 1. The van der Waals surface area contributed by atoms with E-state index in [-0.39, 0.29) is 12.0 Å². The van der Waals surface area contributed by atoms with Crippen molar-refractivity contribution >= 4 is 11.8 Å². The van der Waals surface area contributed by atoms with Crippen LogP contribution in [0.3, 0.4) is 0 Å². The lowest BCUT2D eigenvalue weighted by Gasteiger charge is -2.08. The van der Waals surface area contributed by atoms with E-state index >= 15 is 0 Å². The molecule has 0 atom stereocenters. The summed E-state index contributed by atoms with van der Waals surface area (Å²) in [6, 6.07) is 6.35. The fourth-order valence-electron chi connectivity index (χ4n) is 1.51. The average Bonchev–Trinajstić information content (AvgIpc) is 2.37. The Morgan fingerprint density at radius 3 is 2.63 bits per heavy atom. The highest BCUT2D eigenvalue weighted by Crippen LogP contribution is 2.04. The molecule has 0 spiro atoms. The number of amides is 2. The van der Waals surface area contributed by atoms with Crippen LogP contribution in [0.4, 0.5) is 0 Å². The number of carbonyl (C=O) groups excluding carboxylic acids is 2. The highest BCUT2D eigenvalue weighted by atomic mass is 16.5. The van der Waals surface area contributed by atoms with Gasteiger partial charge in [0.05, 0.1) is 6.10 Å². The van der Waals surface area contributed by atoms with Crippen LogP contribution < -0.4 is 11.1 Å². The molecule has 1 aromatic rings. The molecule has 3 N–H and O–H groups in total. The summed E-state index contributed by atoms with van der Waals surface area (Å²) in [6.07, 6.45) is 0.947. The highest BCUT2D eigenvalue weighted by Gasteiger charge is 2.07.